The number of hydrogen-bond donors (Lipinski definition) is 1. The first-order valence-corrected chi connectivity index (χ1v) is 11.0. The van der Waals surface area contributed by atoms with Crippen LogP contribution in [0.3, 0.4) is 0 Å². The smallest absolute Gasteiger partial charge is 0.260 e. The second-order valence-corrected chi connectivity index (χ2v) is 8.27. The first kappa shape index (κ1) is 20.3. The molecule has 1 saturated heterocycles. The number of benzene rings is 1. The quantitative estimate of drug-likeness (QED) is 0.618. The number of anilines is 2. The minimum atomic E-state index is 0.0128. The van der Waals surface area contributed by atoms with Gasteiger partial charge in [-0.25, -0.2) is 4.98 Å². The van der Waals surface area contributed by atoms with Crippen molar-refractivity contribution in [2.75, 3.05) is 25.0 Å². The van der Waals surface area contributed by atoms with Gasteiger partial charge in [0, 0.05) is 24.7 Å². The largest absolute Gasteiger partial charge is 0.484 e. The van der Waals surface area contributed by atoms with Crippen molar-refractivity contribution in [3.8, 4) is 5.75 Å². The van der Waals surface area contributed by atoms with Crippen LogP contribution >= 0.6 is 11.3 Å². The molecule has 3 heterocycles. The lowest BCUT2D eigenvalue weighted by atomic mass is 9.94. The van der Waals surface area contributed by atoms with Gasteiger partial charge in [-0.3, -0.25) is 4.79 Å². The van der Waals surface area contributed by atoms with Crippen LogP contribution in [0.15, 0.2) is 48.5 Å². The zero-order valence-corrected chi connectivity index (χ0v) is 17.8. The van der Waals surface area contributed by atoms with Crippen LogP contribution in [0.5, 0.6) is 5.75 Å². The Morgan fingerprint density at radius 2 is 2.07 bits per heavy atom. The maximum Gasteiger partial charge on any atom is 0.260 e. The molecule has 0 radical (unpaired) electrons. The maximum atomic E-state index is 12.6. The number of aromatic nitrogens is 3. The third-order valence-electron chi connectivity index (χ3n) is 5.07. The van der Waals surface area contributed by atoms with Gasteiger partial charge in [0.2, 0.25) is 5.13 Å². The van der Waals surface area contributed by atoms with E-state index >= 15 is 0 Å². The number of aryl methyl sites for hydroxylation is 1. The predicted molar refractivity (Wildman–Crippen MR) is 117 cm³/mol. The lowest BCUT2D eigenvalue weighted by Gasteiger charge is -2.32. The molecule has 1 N–H and O–H groups in total. The van der Waals surface area contributed by atoms with E-state index in [-0.39, 0.29) is 18.4 Å². The van der Waals surface area contributed by atoms with Crippen LogP contribution in [0.25, 0.3) is 0 Å². The molecule has 0 bridgehead atoms. The summed E-state index contributed by atoms with van der Waals surface area (Å²) in [5.74, 6) is 1.69. The van der Waals surface area contributed by atoms with E-state index in [0.717, 1.165) is 47.5 Å². The molecule has 8 heteroatoms. The van der Waals surface area contributed by atoms with Crippen molar-refractivity contribution in [3.63, 3.8) is 0 Å². The van der Waals surface area contributed by atoms with Crippen molar-refractivity contribution < 1.29 is 9.53 Å². The van der Waals surface area contributed by atoms with E-state index in [1.54, 1.807) is 0 Å². The number of likely N-dealkylation sites (tertiary alicyclic amines) is 1. The van der Waals surface area contributed by atoms with Gasteiger partial charge in [-0.1, -0.05) is 42.5 Å². The molecular formula is C22H25N5O2S. The summed E-state index contributed by atoms with van der Waals surface area (Å²) in [6.45, 7) is 3.54. The zero-order valence-electron chi connectivity index (χ0n) is 17.0. The van der Waals surface area contributed by atoms with Crippen molar-refractivity contribution in [2.45, 2.75) is 32.1 Å². The number of carbonyl (C=O) groups excluding carboxylic acids is 1. The molecular weight excluding hydrogens is 398 g/mol. The number of carbonyl (C=O) groups is 1. The molecule has 2 aromatic heterocycles. The van der Waals surface area contributed by atoms with E-state index in [1.165, 1.54) is 11.3 Å². The van der Waals surface area contributed by atoms with Crippen molar-refractivity contribution in [1.82, 2.24) is 20.1 Å². The molecule has 156 valence electrons. The summed E-state index contributed by atoms with van der Waals surface area (Å²) in [6.07, 6.45) is 2.84. The third kappa shape index (κ3) is 5.13. The summed E-state index contributed by atoms with van der Waals surface area (Å²) in [4.78, 5) is 19.3. The molecule has 1 unspecified atom stereocenters. The molecule has 30 heavy (non-hydrogen) atoms. The lowest BCUT2D eigenvalue weighted by Crippen LogP contribution is -2.41. The van der Waals surface area contributed by atoms with E-state index in [1.807, 2.05) is 53.4 Å². The molecule has 1 aromatic carbocycles. The first-order valence-electron chi connectivity index (χ1n) is 10.2. The van der Waals surface area contributed by atoms with Crippen molar-refractivity contribution in [2.24, 2.45) is 0 Å². The van der Waals surface area contributed by atoms with E-state index in [2.05, 4.69) is 22.4 Å². The molecule has 1 amide bonds. The van der Waals surface area contributed by atoms with Gasteiger partial charge >= 0.3 is 0 Å². The number of para-hydroxylation sites is 1. The number of hydrogen-bond acceptors (Lipinski definition) is 7. The van der Waals surface area contributed by atoms with Crippen LogP contribution in [-0.4, -0.2) is 45.7 Å². The van der Waals surface area contributed by atoms with Crippen molar-refractivity contribution in [3.05, 3.63) is 59.2 Å². The summed E-state index contributed by atoms with van der Waals surface area (Å²) in [5, 5.41) is 13.3. The van der Waals surface area contributed by atoms with E-state index in [9.17, 15) is 4.79 Å². The Bertz CT molecular complexity index is 978. The van der Waals surface area contributed by atoms with Gasteiger partial charge in [0.05, 0.1) is 0 Å². The molecule has 0 saturated carbocycles. The van der Waals surface area contributed by atoms with Gasteiger partial charge in [-0.05, 0) is 43.5 Å². The Labute approximate surface area is 180 Å². The second-order valence-electron chi connectivity index (χ2n) is 7.21. The minimum absolute atomic E-state index is 0.0128. The number of pyridine rings is 1. The second kappa shape index (κ2) is 9.67. The van der Waals surface area contributed by atoms with Crippen LogP contribution < -0.4 is 10.1 Å². The van der Waals surface area contributed by atoms with Gasteiger partial charge in [0.25, 0.3) is 5.91 Å². The van der Waals surface area contributed by atoms with Crippen LogP contribution in [0, 0.1) is 0 Å². The highest BCUT2D eigenvalue weighted by Gasteiger charge is 2.26. The number of rotatable bonds is 7. The number of piperidine rings is 1. The molecule has 1 aliphatic rings. The highest BCUT2D eigenvalue weighted by atomic mass is 32.1. The average molecular weight is 424 g/mol. The molecule has 1 aliphatic heterocycles. The number of ether oxygens (including phenoxy) is 1. The summed E-state index contributed by atoms with van der Waals surface area (Å²) in [6, 6.07) is 15.4. The minimum Gasteiger partial charge on any atom is -0.484 e. The van der Waals surface area contributed by atoms with Gasteiger partial charge in [-0.2, -0.15) is 0 Å². The molecule has 0 aliphatic carbocycles. The van der Waals surface area contributed by atoms with Crippen LogP contribution in [0.1, 0.15) is 36.4 Å². The Morgan fingerprint density at radius 3 is 2.87 bits per heavy atom. The molecule has 7 nitrogen and oxygen atoms in total. The van der Waals surface area contributed by atoms with Crippen LogP contribution in [0.4, 0.5) is 10.9 Å². The van der Waals surface area contributed by atoms with E-state index < -0.39 is 0 Å². The van der Waals surface area contributed by atoms with Crippen LogP contribution in [-0.2, 0) is 11.2 Å². The summed E-state index contributed by atoms with van der Waals surface area (Å²) in [7, 11) is 0. The predicted octanol–water partition coefficient (Wildman–Crippen LogP) is 4.02. The Balaban J connectivity index is 1.37. The Kier molecular flexibility index (Phi) is 6.53. The third-order valence-corrected chi connectivity index (χ3v) is 6.06. The van der Waals surface area contributed by atoms with Gasteiger partial charge in [-0.15, -0.1) is 10.2 Å². The van der Waals surface area contributed by atoms with Crippen molar-refractivity contribution >= 4 is 28.2 Å². The molecule has 3 aromatic rings. The Morgan fingerprint density at radius 1 is 1.20 bits per heavy atom. The maximum absolute atomic E-state index is 12.6. The fourth-order valence-electron chi connectivity index (χ4n) is 3.50. The number of nitrogens with one attached hydrogen (secondary N) is 1. The number of nitrogens with zero attached hydrogens (tertiary/aromatic N) is 4. The van der Waals surface area contributed by atoms with Gasteiger partial charge in [0.15, 0.2) is 6.61 Å². The highest BCUT2D eigenvalue weighted by molar-refractivity contribution is 7.15. The van der Waals surface area contributed by atoms with Crippen molar-refractivity contribution in [1.29, 1.82) is 0 Å². The first-order chi connectivity index (χ1) is 14.7. The van der Waals surface area contributed by atoms with E-state index in [0.29, 0.717) is 12.3 Å². The lowest BCUT2D eigenvalue weighted by molar-refractivity contribution is -0.134. The Hall–Kier alpha value is -3.00. The highest BCUT2D eigenvalue weighted by Crippen LogP contribution is 2.27. The molecule has 4 rings (SSSR count). The van der Waals surface area contributed by atoms with Gasteiger partial charge < -0.3 is 15.0 Å². The summed E-state index contributed by atoms with van der Waals surface area (Å²) < 4.78 is 5.63. The SMILES string of the molecule is CCc1nnc(Nc2cccc(C3CCCN(C(=O)COc4ccccc4)C3)n2)s1. The van der Waals surface area contributed by atoms with Crippen LogP contribution in [0.2, 0.25) is 0 Å². The fourth-order valence-corrected chi connectivity index (χ4v) is 4.19. The standard InChI is InChI=1S/C22H25N5O2S/c1-2-20-25-26-22(30-20)24-19-12-6-11-18(23-19)16-8-7-13-27(14-16)21(28)15-29-17-9-4-3-5-10-17/h3-6,9-12,16H,2,7-8,13-15H2,1H3,(H,23,24,26). The number of amides is 1. The normalized spacial score (nSPS) is 16.3. The molecule has 1 atom stereocenters. The molecule has 0 spiro atoms. The summed E-state index contributed by atoms with van der Waals surface area (Å²) >= 11 is 1.54. The van der Waals surface area contributed by atoms with E-state index in [4.69, 9.17) is 9.72 Å². The van der Waals surface area contributed by atoms with Gasteiger partial charge in [0.1, 0.15) is 16.6 Å². The topological polar surface area (TPSA) is 80.2 Å². The fraction of sp³-hybridized carbons (Fsp3) is 0.364. The average Bonchev–Trinajstić information content (AvgIpc) is 3.26. The summed E-state index contributed by atoms with van der Waals surface area (Å²) in [5.41, 5.74) is 0.988. The monoisotopic (exact) mass is 423 g/mol. The molecule has 1 fully saturated rings. The zero-order chi connectivity index (χ0) is 20.8.